The van der Waals surface area contributed by atoms with Crippen molar-refractivity contribution in [2.75, 3.05) is 10.0 Å². The normalized spacial score (nSPS) is 16.8. The van der Waals surface area contributed by atoms with Crippen LogP contribution in [0.5, 0.6) is 5.75 Å². The van der Waals surface area contributed by atoms with Crippen molar-refractivity contribution in [2.45, 2.75) is 24.8 Å². The third kappa shape index (κ3) is 3.05. The van der Waals surface area contributed by atoms with Crippen molar-refractivity contribution >= 4 is 27.3 Å². The maximum atomic E-state index is 13.8. The van der Waals surface area contributed by atoms with Crippen molar-refractivity contribution in [3.63, 3.8) is 0 Å². The van der Waals surface area contributed by atoms with Crippen molar-refractivity contribution < 1.29 is 22.3 Å². The fraction of sp³-hybridized carbons (Fsp3) is 0.188. The second kappa shape index (κ2) is 5.79. The summed E-state index contributed by atoms with van der Waals surface area (Å²) in [7, 11) is -4.01. The summed E-state index contributed by atoms with van der Waals surface area (Å²) in [5, 5.41) is 2.58. The predicted molar refractivity (Wildman–Crippen MR) is 87.1 cm³/mol. The molecule has 0 radical (unpaired) electrons. The maximum Gasteiger partial charge on any atom is 0.265 e. The molecule has 126 valence electrons. The van der Waals surface area contributed by atoms with E-state index in [-0.39, 0.29) is 22.2 Å². The van der Waals surface area contributed by atoms with E-state index in [4.69, 9.17) is 4.74 Å². The fourth-order valence-corrected chi connectivity index (χ4v) is 3.36. The van der Waals surface area contributed by atoms with Crippen molar-refractivity contribution in [2.24, 2.45) is 0 Å². The van der Waals surface area contributed by atoms with Gasteiger partial charge >= 0.3 is 0 Å². The van der Waals surface area contributed by atoms with Crippen LogP contribution in [0.25, 0.3) is 0 Å². The predicted octanol–water partition coefficient (Wildman–Crippen LogP) is 2.65. The second-order valence-electron chi connectivity index (χ2n) is 5.50. The lowest BCUT2D eigenvalue weighted by molar-refractivity contribution is -0.122. The number of hydrogen-bond donors (Lipinski definition) is 2. The Kier molecular flexibility index (Phi) is 3.92. The zero-order valence-corrected chi connectivity index (χ0v) is 13.8. The minimum Gasteiger partial charge on any atom is -0.479 e. The molecule has 0 saturated heterocycles. The van der Waals surface area contributed by atoms with Gasteiger partial charge in [-0.2, -0.15) is 0 Å². The van der Waals surface area contributed by atoms with Crippen LogP contribution in [-0.4, -0.2) is 20.4 Å². The first-order chi connectivity index (χ1) is 11.3. The van der Waals surface area contributed by atoms with Crippen LogP contribution in [0.4, 0.5) is 15.8 Å². The highest BCUT2D eigenvalue weighted by Gasteiger charge is 2.26. The zero-order valence-electron chi connectivity index (χ0n) is 13.0. The smallest absolute Gasteiger partial charge is 0.265 e. The fourth-order valence-electron chi connectivity index (χ4n) is 2.28. The number of carbonyl (C=O) groups is 1. The van der Waals surface area contributed by atoms with Gasteiger partial charge in [-0.25, -0.2) is 12.8 Å². The number of amides is 1. The number of sulfonamides is 1. The number of hydrogen-bond acceptors (Lipinski definition) is 4. The Labute approximate surface area is 138 Å². The van der Waals surface area contributed by atoms with E-state index in [1.165, 1.54) is 30.3 Å². The lowest BCUT2D eigenvalue weighted by Crippen LogP contribution is -2.34. The molecule has 24 heavy (non-hydrogen) atoms. The first kappa shape index (κ1) is 16.3. The molecule has 8 heteroatoms. The molecule has 3 rings (SSSR count). The minimum atomic E-state index is -4.01. The molecule has 1 aliphatic heterocycles. The molecule has 1 aliphatic rings. The molecule has 0 saturated carbocycles. The molecular formula is C16H15FN2O4S. The Bertz CT molecular complexity index is 928. The molecule has 1 atom stereocenters. The molecule has 2 N–H and O–H groups in total. The Morgan fingerprint density at radius 3 is 2.71 bits per heavy atom. The number of ether oxygens (including phenoxy) is 1. The highest BCUT2D eigenvalue weighted by atomic mass is 32.2. The maximum absolute atomic E-state index is 13.8. The Morgan fingerprint density at radius 1 is 1.21 bits per heavy atom. The van der Waals surface area contributed by atoms with Gasteiger partial charge in [0.2, 0.25) is 0 Å². The number of halogens is 1. The van der Waals surface area contributed by atoms with Crippen molar-refractivity contribution in [3.8, 4) is 5.75 Å². The van der Waals surface area contributed by atoms with Crippen LogP contribution in [0, 0.1) is 12.7 Å². The molecule has 0 aliphatic carbocycles. The molecule has 2 aromatic rings. The molecular weight excluding hydrogens is 335 g/mol. The van der Waals surface area contributed by atoms with E-state index in [1.54, 1.807) is 19.9 Å². The highest BCUT2D eigenvalue weighted by molar-refractivity contribution is 7.92. The van der Waals surface area contributed by atoms with E-state index < -0.39 is 21.9 Å². The number of nitrogens with one attached hydrogen (secondary N) is 2. The number of anilines is 2. The summed E-state index contributed by atoms with van der Waals surface area (Å²) in [6.07, 6.45) is -0.653. The summed E-state index contributed by atoms with van der Waals surface area (Å²) < 4.78 is 46.3. The van der Waals surface area contributed by atoms with Gasteiger partial charge in [0.05, 0.1) is 16.3 Å². The number of fused-ring (bicyclic) bond motifs is 1. The minimum absolute atomic E-state index is 0.111. The number of aryl methyl sites for hydroxylation is 1. The van der Waals surface area contributed by atoms with Crippen LogP contribution in [0.2, 0.25) is 0 Å². The first-order valence-electron chi connectivity index (χ1n) is 7.17. The summed E-state index contributed by atoms with van der Waals surface area (Å²) in [5.74, 6) is -0.662. The molecule has 0 bridgehead atoms. The van der Waals surface area contributed by atoms with Crippen LogP contribution >= 0.6 is 0 Å². The third-order valence-electron chi connectivity index (χ3n) is 3.56. The standard InChI is InChI=1S/C16H15FN2O4S/c1-9-3-5-12(17)13(7-9)19-24(21,22)11-4-6-15-14(8-11)18-16(20)10(2)23-15/h3-8,10,19H,1-2H3,(H,18,20)/t10-/m0/s1. The SMILES string of the molecule is Cc1ccc(F)c(NS(=O)(=O)c2ccc3c(c2)NC(=O)[C@H](C)O3)c1. The Hall–Kier alpha value is -2.61. The Balaban J connectivity index is 1.95. The van der Waals surface area contributed by atoms with E-state index >= 15 is 0 Å². The molecule has 6 nitrogen and oxygen atoms in total. The molecule has 0 unspecified atom stereocenters. The molecule has 0 spiro atoms. The van der Waals surface area contributed by atoms with E-state index in [0.29, 0.717) is 11.3 Å². The number of benzene rings is 2. The van der Waals surface area contributed by atoms with Gasteiger partial charge in [-0.15, -0.1) is 0 Å². The zero-order chi connectivity index (χ0) is 17.5. The van der Waals surface area contributed by atoms with Crippen LogP contribution in [0.1, 0.15) is 12.5 Å². The average molecular weight is 350 g/mol. The largest absolute Gasteiger partial charge is 0.479 e. The number of carbonyl (C=O) groups excluding carboxylic acids is 1. The van der Waals surface area contributed by atoms with Crippen molar-refractivity contribution in [1.82, 2.24) is 0 Å². The van der Waals surface area contributed by atoms with Gasteiger partial charge in [0.25, 0.3) is 15.9 Å². The second-order valence-corrected chi connectivity index (χ2v) is 7.18. The molecule has 1 heterocycles. The quantitative estimate of drug-likeness (QED) is 0.891. The van der Waals surface area contributed by atoms with Gasteiger partial charge < -0.3 is 10.1 Å². The monoisotopic (exact) mass is 350 g/mol. The number of rotatable bonds is 3. The van der Waals surface area contributed by atoms with Crippen molar-refractivity contribution in [1.29, 1.82) is 0 Å². The van der Waals surface area contributed by atoms with Crippen molar-refractivity contribution in [3.05, 3.63) is 47.8 Å². The van der Waals surface area contributed by atoms with E-state index in [0.717, 1.165) is 0 Å². The first-order valence-corrected chi connectivity index (χ1v) is 8.65. The lowest BCUT2D eigenvalue weighted by Gasteiger charge is -2.23. The van der Waals surface area contributed by atoms with Gasteiger partial charge in [0.1, 0.15) is 11.6 Å². The van der Waals surface area contributed by atoms with Gasteiger partial charge in [0, 0.05) is 0 Å². The highest BCUT2D eigenvalue weighted by Crippen LogP contribution is 2.32. The van der Waals surface area contributed by atoms with Gasteiger partial charge in [-0.05, 0) is 49.7 Å². The van der Waals surface area contributed by atoms with E-state index in [9.17, 15) is 17.6 Å². The van der Waals surface area contributed by atoms with Gasteiger partial charge in [-0.3, -0.25) is 9.52 Å². The third-order valence-corrected chi connectivity index (χ3v) is 4.92. The summed E-state index contributed by atoms with van der Waals surface area (Å²) in [5.41, 5.74) is 0.835. The average Bonchev–Trinajstić information content (AvgIpc) is 2.51. The molecule has 0 fully saturated rings. The molecule has 0 aromatic heterocycles. The topological polar surface area (TPSA) is 84.5 Å². The van der Waals surface area contributed by atoms with Crippen LogP contribution in [-0.2, 0) is 14.8 Å². The summed E-state index contributed by atoms with van der Waals surface area (Å²) in [4.78, 5) is 11.5. The van der Waals surface area contributed by atoms with Gasteiger partial charge in [-0.1, -0.05) is 6.07 Å². The summed E-state index contributed by atoms with van der Waals surface area (Å²) >= 11 is 0. The molecule has 1 amide bonds. The van der Waals surface area contributed by atoms with E-state index in [1.807, 2.05) is 0 Å². The summed E-state index contributed by atoms with van der Waals surface area (Å²) in [6.45, 7) is 3.31. The Morgan fingerprint density at radius 2 is 1.96 bits per heavy atom. The lowest BCUT2D eigenvalue weighted by atomic mass is 10.2. The van der Waals surface area contributed by atoms with Crippen LogP contribution < -0.4 is 14.8 Å². The van der Waals surface area contributed by atoms with Crippen LogP contribution in [0.3, 0.4) is 0 Å². The molecule has 2 aromatic carbocycles. The van der Waals surface area contributed by atoms with Crippen LogP contribution in [0.15, 0.2) is 41.3 Å². The van der Waals surface area contributed by atoms with E-state index in [2.05, 4.69) is 10.0 Å². The van der Waals surface area contributed by atoms with Gasteiger partial charge in [0.15, 0.2) is 6.10 Å². The summed E-state index contributed by atoms with van der Waals surface area (Å²) in [6, 6.07) is 8.19.